The number of nitrogens with one attached hydrogen (secondary N) is 1. The Hall–Kier alpha value is -1.15. The van der Waals surface area contributed by atoms with Crippen molar-refractivity contribution in [1.82, 2.24) is 0 Å². The first-order valence-corrected chi connectivity index (χ1v) is 7.48. The largest absolute Gasteiger partial charge is 0.494 e. The quantitative estimate of drug-likeness (QED) is 0.703. The van der Waals surface area contributed by atoms with Gasteiger partial charge in [0, 0.05) is 14.1 Å². The number of anilines is 1. The number of carbonyl (C=O) groups excluding carboxylic acids is 1. The summed E-state index contributed by atoms with van der Waals surface area (Å²) in [5.74, 6) is -0.435. The minimum Gasteiger partial charge on any atom is -0.494 e. The summed E-state index contributed by atoms with van der Waals surface area (Å²) in [5, 5.41) is 2.71. The topological polar surface area (TPSA) is 38.3 Å². The molecule has 0 radical (unpaired) electrons. The number of ether oxygens (including phenoxy) is 1. The van der Waals surface area contributed by atoms with Crippen LogP contribution in [0.5, 0.6) is 5.75 Å². The van der Waals surface area contributed by atoms with Crippen molar-refractivity contribution in [1.29, 1.82) is 0 Å². The van der Waals surface area contributed by atoms with Crippen molar-refractivity contribution < 1.29 is 13.9 Å². The first kappa shape index (κ1) is 15.2. The Kier molecular flexibility index (Phi) is 4.98. The van der Waals surface area contributed by atoms with E-state index < -0.39 is 5.82 Å². The van der Waals surface area contributed by atoms with Gasteiger partial charge in [-0.25, -0.2) is 4.39 Å². The van der Waals surface area contributed by atoms with Gasteiger partial charge in [0.05, 0.1) is 18.4 Å². The molecule has 0 heterocycles. The highest BCUT2D eigenvalue weighted by Gasteiger charge is 2.13. The summed E-state index contributed by atoms with van der Waals surface area (Å²) in [6.45, 7) is 0. The zero-order chi connectivity index (χ0) is 14.7. The zero-order valence-electron chi connectivity index (χ0n) is 10.4. The van der Waals surface area contributed by atoms with Crippen molar-refractivity contribution in [3.8, 4) is 5.75 Å². The molecular formula is C14H10BrFINO2. The van der Waals surface area contributed by atoms with Gasteiger partial charge in [-0.15, -0.1) is 0 Å². The summed E-state index contributed by atoms with van der Waals surface area (Å²) in [7, 11) is 1.42. The second kappa shape index (κ2) is 6.53. The van der Waals surface area contributed by atoms with Crippen LogP contribution in [-0.4, -0.2) is 13.0 Å². The van der Waals surface area contributed by atoms with Crippen LogP contribution in [0.4, 0.5) is 10.1 Å². The van der Waals surface area contributed by atoms with Crippen LogP contribution in [0, 0.1) is 9.39 Å². The average molecular weight is 450 g/mol. The maximum absolute atomic E-state index is 13.1. The number of benzene rings is 2. The summed E-state index contributed by atoms with van der Waals surface area (Å²) in [4.78, 5) is 12.2. The van der Waals surface area contributed by atoms with Crippen LogP contribution in [0.15, 0.2) is 40.9 Å². The van der Waals surface area contributed by atoms with E-state index in [0.29, 0.717) is 15.7 Å². The molecule has 0 fully saturated rings. The SMILES string of the molecule is COc1cc(F)ccc1NC(=O)c1cc(I)ccc1Br. The molecule has 1 amide bonds. The molecule has 0 aliphatic carbocycles. The number of carbonyl (C=O) groups is 1. The Labute approximate surface area is 137 Å². The maximum atomic E-state index is 13.1. The lowest BCUT2D eigenvalue weighted by molar-refractivity contribution is 0.102. The molecule has 0 aromatic heterocycles. The van der Waals surface area contributed by atoms with Gasteiger partial charge in [-0.2, -0.15) is 0 Å². The molecule has 0 atom stereocenters. The molecular weight excluding hydrogens is 440 g/mol. The highest BCUT2D eigenvalue weighted by Crippen LogP contribution is 2.27. The second-order valence-corrected chi connectivity index (χ2v) is 6.02. The monoisotopic (exact) mass is 449 g/mol. The summed E-state index contributed by atoms with van der Waals surface area (Å²) >= 11 is 5.47. The van der Waals surface area contributed by atoms with Gasteiger partial charge in [-0.05, 0) is 68.9 Å². The molecule has 2 rings (SSSR count). The van der Waals surface area contributed by atoms with Gasteiger partial charge >= 0.3 is 0 Å². The Morgan fingerprint density at radius 1 is 1.30 bits per heavy atom. The molecule has 6 heteroatoms. The fourth-order valence-corrected chi connectivity index (χ4v) is 2.55. The van der Waals surface area contributed by atoms with E-state index in [4.69, 9.17) is 4.74 Å². The number of amides is 1. The number of methoxy groups -OCH3 is 1. The molecule has 0 unspecified atom stereocenters. The fourth-order valence-electron chi connectivity index (χ4n) is 1.63. The normalized spacial score (nSPS) is 10.2. The molecule has 2 aromatic carbocycles. The van der Waals surface area contributed by atoms with Gasteiger partial charge in [0.2, 0.25) is 0 Å². The van der Waals surface area contributed by atoms with Gasteiger partial charge < -0.3 is 10.1 Å². The number of rotatable bonds is 3. The van der Waals surface area contributed by atoms with Crippen molar-refractivity contribution in [3.05, 3.63) is 55.8 Å². The Bertz CT molecular complexity index is 664. The second-order valence-electron chi connectivity index (χ2n) is 3.92. The molecule has 0 saturated heterocycles. The van der Waals surface area contributed by atoms with Crippen LogP contribution < -0.4 is 10.1 Å². The third-order valence-electron chi connectivity index (χ3n) is 2.58. The van der Waals surface area contributed by atoms with E-state index in [1.165, 1.54) is 25.3 Å². The Morgan fingerprint density at radius 2 is 2.05 bits per heavy atom. The molecule has 1 N–H and O–H groups in total. The van der Waals surface area contributed by atoms with Crippen LogP contribution in [0.1, 0.15) is 10.4 Å². The third-order valence-corrected chi connectivity index (χ3v) is 3.95. The predicted octanol–water partition coefficient (Wildman–Crippen LogP) is 4.45. The van der Waals surface area contributed by atoms with Crippen molar-refractivity contribution in [2.45, 2.75) is 0 Å². The molecule has 0 spiro atoms. The molecule has 20 heavy (non-hydrogen) atoms. The number of hydrogen-bond donors (Lipinski definition) is 1. The summed E-state index contributed by atoms with van der Waals surface area (Å²) in [6, 6.07) is 9.41. The lowest BCUT2D eigenvalue weighted by Crippen LogP contribution is -2.13. The number of halogens is 3. The van der Waals surface area contributed by atoms with Crippen LogP contribution in [0.3, 0.4) is 0 Å². The summed E-state index contributed by atoms with van der Waals surface area (Å²) in [5.41, 5.74) is 0.924. The fraction of sp³-hybridized carbons (Fsp3) is 0.0714. The van der Waals surface area contributed by atoms with Crippen molar-refractivity contribution >= 4 is 50.1 Å². The molecule has 0 aliphatic rings. The first-order chi connectivity index (χ1) is 9.51. The minimum absolute atomic E-state index is 0.278. The van der Waals surface area contributed by atoms with E-state index in [-0.39, 0.29) is 11.7 Å². The lowest BCUT2D eigenvalue weighted by atomic mass is 10.2. The molecule has 0 saturated carbocycles. The standard InChI is InChI=1S/C14H10BrFINO2/c1-20-13-6-8(16)2-5-12(13)18-14(19)10-7-9(17)3-4-11(10)15/h2-7H,1H3,(H,18,19). The molecule has 0 aliphatic heterocycles. The molecule has 2 aromatic rings. The Balaban J connectivity index is 2.30. The molecule has 3 nitrogen and oxygen atoms in total. The Morgan fingerprint density at radius 3 is 2.75 bits per heavy atom. The van der Waals surface area contributed by atoms with E-state index in [1.54, 1.807) is 12.1 Å². The summed E-state index contributed by atoms with van der Waals surface area (Å²) < 4.78 is 19.8. The third kappa shape index (κ3) is 3.49. The maximum Gasteiger partial charge on any atom is 0.256 e. The van der Waals surface area contributed by atoms with E-state index in [1.807, 2.05) is 6.07 Å². The molecule has 0 bridgehead atoms. The van der Waals surface area contributed by atoms with E-state index in [9.17, 15) is 9.18 Å². The van der Waals surface area contributed by atoms with Gasteiger partial charge in [-0.1, -0.05) is 0 Å². The minimum atomic E-state index is -0.421. The van der Waals surface area contributed by atoms with E-state index in [0.717, 1.165) is 3.57 Å². The predicted molar refractivity (Wildman–Crippen MR) is 87.8 cm³/mol. The van der Waals surface area contributed by atoms with Gasteiger partial charge in [0.1, 0.15) is 11.6 Å². The average Bonchev–Trinajstić information content (AvgIpc) is 2.43. The first-order valence-electron chi connectivity index (χ1n) is 5.61. The van der Waals surface area contributed by atoms with Gasteiger partial charge in [0.15, 0.2) is 0 Å². The van der Waals surface area contributed by atoms with Crippen LogP contribution >= 0.6 is 38.5 Å². The van der Waals surface area contributed by atoms with Crippen LogP contribution in [0.25, 0.3) is 0 Å². The summed E-state index contributed by atoms with van der Waals surface area (Å²) in [6.07, 6.45) is 0. The lowest BCUT2D eigenvalue weighted by Gasteiger charge is -2.11. The van der Waals surface area contributed by atoms with E-state index in [2.05, 4.69) is 43.8 Å². The van der Waals surface area contributed by atoms with Crippen LogP contribution in [0.2, 0.25) is 0 Å². The smallest absolute Gasteiger partial charge is 0.256 e. The van der Waals surface area contributed by atoms with Gasteiger partial charge in [0.25, 0.3) is 5.91 Å². The van der Waals surface area contributed by atoms with Crippen molar-refractivity contribution in [2.75, 3.05) is 12.4 Å². The van der Waals surface area contributed by atoms with Crippen LogP contribution in [-0.2, 0) is 0 Å². The number of hydrogen-bond acceptors (Lipinski definition) is 2. The van der Waals surface area contributed by atoms with Crippen molar-refractivity contribution in [3.63, 3.8) is 0 Å². The van der Waals surface area contributed by atoms with Gasteiger partial charge in [-0.3, -0.25) is 4.79 Å². The zero-order valence-corrected chi connectivity index (χ0v) is 14.2. The van der Waals surface area contributed by atoms with Crippen molar-refractivity contribution in [2.24, 2.45) is 0 Å². The molecule has 104 valence electrons. The highest BCUT2D eigenvalue weighted by molar-refractivity contribution is 14.1. The van der Waals surface area contributed by atoms with E-state index >= 15 is 0 Å². The highest BCUT2D eigenvalue weighted by atomic mass is 127.